The maximum Gasteiger partial charge on any atom is 0.0667 e. The van der Waals surface area contributed by atoms with Crippen molar-refractivity contribution in [2.75, 3.05) is 0 Å². The third-order valence-electron chi connectivity index (χ3n) is 22.8. The van der Waals surface area contributed by atoms with Gasteiger partial charge < -0.3 is 36.5 Å². The molecule has 0 fully saturated rings. The van der Waals surface area contributed by atoms with Gasteiger partial charge in [-0.3, -0.25) is 0 Å². The molecule has 0 aliphatic carbocycles. The van der Waals surface area contributed by atoms with Crippen molar-refractivity contribution in [3.05, 3.63) is 508 Å². The molecular weight excluding hydrogens is 1630 g/mol. The average molecular weight is 1770 g/mol. The molecule has 8 aromatic heterocycles. The van der Waals surface area contributed by atoms with Crippen LogP contribution in [-0.4, -0.2) is 36.5 Å². The Hall–Kier alpha value is -18.0. The van der Waals surface area contributed by atoms with Gasteiger partial charge in [0, 0.05) is 132 Å². The van der Waals surface area contributed by atoms with E-state index in [9.17, 15) is 4.11 Å². The topological polar surface area (TPSA) is 39.4 Å². The largest absolute Gasteiger partial charge is 0.309 e. The highest BCUT2D eigenvalue weighted by Gasteiger charge is 2.22. The first-order valence-corrected chi connectivity index (χ1v) is 40.7. The second-order valence-electron chi connectivity index (χ2n) is 29.8. The van der Waals surface area contributed by atoms with E-state index in [-0.39, 0.29) is 140 Å². The zero-order valence-electron chi connectivity index (χ0n) is 132. The van der Waals surface area contributed by atoms with Crippen molar-refractivity contribution in [3.63, 3.8) is 0 Å². The Morgan fingerprint density at radius 2 is 0.299 bits per heavy atom. The number of benzene rings is 21. The molecule has 0 aliphatic heterocycles. The van der Waals surface area contributed by atoms with Crippen LogP contribution >= 0.6 is 0 Å². The Balaban J connectivity index is 0.000000126. The van der Waals surface area contributed by atoms with E-state index < -0.39 is 411 Å². The molecule has 0 aliphatic rings. The summed E-state index contributed by atoms with van der Waals surface area (Å²) in [4.78, 5) is 0. The van der Waals surface area contributed by atoms with E-state index in [1.54, 1.807) is 39.5 Å². The summed E-state index contributed by atoms with van der Waals surface area (Å²) in [6.07, 6.45) is 0. The standard InChI is InChI=1S/C36H24N2.3C30H20N2/c1-5-19-33-29(15-1)30-16-2-6-20-34(30)37(33)27-13-9-11-25(23-27)26-12-10-14-28(24-26)38-35-21-7-3-17-31(35)32-18-4-8-22-36(32)38;3*1-5-16-27-23(12-1)24-13-2-6-17-28(24)31(27)21-10-9-11-22(20-21)32-29-18-7-3-14-25(29)26-15-4-8-19-30(26)32/h1-24H;3*1-20H/i1D,2D,3D,4D,5D,6D,7D,8D,9D,10D,11D,12D,13D,14D,15D,16D,17D,18D,19D,20D,21D,22D,23D,24D;1D,2D,3D,4D,5D,6D,7D,8D,9D,10D,11D,12D,13D,14D,15D,16D,17D,18D,19D,20D;1D,2D,3D,4D,5D,6D,7D,8D,12D,13D,14D,15D;1D,2D,5D,6D,12D,13D,16D,17D. The first kappa shape index (κ1) is 36.5. The van der Waals surface area contributed by atoms with Crippen LogP contribution in [0.1, 0.15) is 87.7 Å². The maximum absolute atomic E-state index is 9.57. The van der Waals surface area contributed by atoms with Crippen LogP contribution in [0.15, 0.2) is 508 Å². The molecule has 8 heteroatoms. The van der Waals surface area contributed by atoms with Crippen molar-refractivity contribution in [2.45, 2.75) is 0 Å². The van der Waals surface area contributed by atoms with E-state index >= 15 is 0 Å². The van der Waals surface area contributed by atoms with Crippen LogP contribution in [-0.2, 0) is 0 Å². The summed E-state index contributed by atoms with van der Waals surface area (Å²) >= 11 is 0. The van der Waals surface area contributed by atoms with Gasteiger partial charge in [-0.05, 0) is 187 Å². The van der Waals surface area contributed by atoms with Crippen molar-refractivity contribution >= 4 is 174 Å². The molecule has 8 nitrogen and oxygen atoms in total. The Morgan fingerprint density at radius 3 is 0.545 bits per heavy atom. The monoisotopic (exact) mass is 1770 g/mol. The fraction of sp³-hybridized carbons (Fsp3) is 0. The highest BCUT2D eigenvalue weighted by Crippen LogP contribution is 2.43. The summed E-state index contributed by atoms with van der Waals surface area (Å²) in [6.45, 7) is 0. The summed E-state index contributed by atoms with van der Waals surface area (Å²) < 4.78 is 563. The van der Waals surface area contributed by atoms with Gasteiger partial charge in [-0.1, -0.05) is 333 Å². The number of fused-ring (bicyclic) bond motifs is 24. The molecule has 0 spiro atoms. The van der Waals surface area contributed by atoms with Crippen molar-refractivity contribution in [3.8, 4) is 56.6 Å². The molecule has 0 radical (unpaired) electrons. The minimum absolute atomic E-state index is 0.0651. The van der Waals surface area contributed by atoms with Crippen molar-refractivity contribution in [2.24, 2.45) is 0 Å². The lowest BCUT2D eigenvalue weighted by Gasteiger charge is -2.12. The number of para-hydroxylation sites is 16. The van der Waals surface area contributed by atoms with Gasteiger partial charge in [0.2, 0.25) is 0 Å². The van der Waals surface area contributed by atoms with E-state index in [0.717, 1.165) is 45.8 Å². The van der Waals surface area contributed by atoms with Gasteiger partial charge in [-0.15, -0.1) is 0 Å². The Morgan fingerprint density at radius 1 is 0.119 bits per heavy atom. The van der Waals surface area contributed by atoms with Gasteiger partial charge >= 0.3 is 0 Å². The van der Waals surface area contributed by atoms with Gasteiger partial charge in [0.15, 0.2) is 0 Å². The fourth-order valence-corrected chi connectivity index (χ4v) is 17.3. The Bertz CT molecular complexity index is 12800. The predicted molar refractivity (Wildman–Crippen MR) is 566 cm³/mol. The second kappa shape index (κ2) is 32.0. The quantitative estimate of drug-likeness (QED) is 0.138. The summed E-state index contributed by atoms with van der Waals surface area (Å²) in [7, 11) is 0. The highest BCUT2D eigenvalue weighted by atomic mass is 15.0. The highest BCUT2D eigenvalue weighted by molar-refractivity contribution is 6.16. The second-order valence-corrected chi connectivity index (χ2v) is 29.8. The van der Waals surface area contributed by atoms with Crippen LogP contribution in [0.5, 0.6) is 0 Å². The van der Waals surface area contributed by atoms with Crippen LogP contribution in [0.4, 0.5) is 0 Å². The van der Waals surface area contributed by atoms with Gasteiger partial charge in [-0.2, -0.15) is 0 Å². The first-order valence-electron chi connectivity index (χ1n) is 72.7. The van der Waals surface area contributed by atoms with E-state index in [1.807, 2.05) is 54.6 Å². The van der Waals surface area contributed by atoms with Gasteiger partial charge in [0.05, 0.1) is 176 Å². The lowest BCUT2D eigenvalue weighted by Crippen LogP contribution is -1.98. The fourth-order valence-electron chi connectivity index (χ4n) is 17.3. The summed E-state index contributed by atoms with van der Waals surface area (Å²) in [5.41, 5.74) is -3.17. The van der Waals surface area contributed by atoms with Crippen LogP contribution in [0, 0.1) is 0 Å². The van der Waals surface area contributed by atoms with Crippen LogP contribution < -0.4 is 0 Å². The average Bonchev–Trinajstić information content (AvgIpc) is 1.52. The molecule has 0 unspecified atom stereocenters. The third kappa shape index (κ3) is 12.6. The van der Waals surface area contributed by atoms with Gasteiger partial charge in [-0.25, -0.2) is 0 Å². The molecule has 21 aromatic carbocycles. The minimum atomic E-state index is -1.02. The molecule has 0 saturated heterocycles. The molecule has 628 valence electrons. The lowest BCUT2D eigenvalue weighted by molar-refractivity contribution is 1.13. The van der Waals surface area contributed by atoms with E-state index in [1.165, 1.54) is 28.8 Å². The number of nitrogens with zero attached hydrogens (tertiary/aromatic N) is 8. The summed E-state index contributed by atoms with van der Waals surface area (Å²) in [6, 6.07) is -6.85. The third-order valence-corrected chi connectivity index (χ3v) is 22.8. The molecule has 0 amide bonds. The number of rotatable bonds is 9. The minimum Gasteiger partial charge on any atom is -0.309 e. The van der Waals surface area contributed by atoms with Crippen LogP contribution in [0.25, 0.3) is 231 Å². The number of aromatic nitrogens is 8. The Kier molecular flexibility index (Phi) is 8.73. The zero-order valence-corrected chi connectivity index (χ0v) is 68.1. The normalized spacial score (nSPS) is 18.4. The summed E-state index contributed by atoms with van der Waals surface area (Å²) in [5.74, 6) is 0. The molecule has 8 heterocycles. The van der Waals surface area contributed by atoms with Crippen molar-refractivity contribution in [1.82, 2.24) is 36.5 Å². The first-order chi connectivity index (χ1) is 93.1. The van der Waals surface area contributed by atoms with Gasteiger partial charge in [0.25, 0.3) is 0 Å². The molecule has 0 atom stereocenters. The van der Waals surface area contributed by atoms with E-state index in [0.29, 0.717) is 39.1 Å². The molecule has 134 heavy (non-hydrogen) atoms. The van der Waals surface area contributed by atoms with Crippen molar-refractivity contribution in [1.29, 1.82) is 0 Å². The molecule has 29 aromatic rings. The molecule has 29 rings (SSSR count). The summed E-state index contributed by atoms with van der Waals surface area (Å²) in [5, 5.41) is -0.215. The molecule has 0 bridgehead atoms. The SMILES string of the molecule is [2H]c1c([2H])c(-c2c([2H])c([2H])c([2H])c(-n3c4c([2H])c([2H])c([2H])c([2H])c4c4c([2H])c([2H])c([2H])c([2H])c43)c2[2H])c([2H])c(-n2c3c([2H])c([2H])c([2H])c([2H])c3c3c([2H])c([2H])c([2H])c([2H])c32)c1[2H].[2H]c1c([2H])c(-n2c3c([2H])c([2H])c([2H])c([2H])c3c3c([2H])c([2H])c([2H])c([2H])c32)c([2H])c(-n2c3c([2H])c([2H])c([2H])c([2H])c3c3c([2H])c([2H])c([2H])c([2H])c32)c1[2H].[2H]c1c([2H])c([2H])c2c(c1[2H])c1c([2H])c([2H])c([2H])c([2H])c1n2-c1cccc(-n2c3ccccc3c3ccccc32)c1.[2H]c1cc2c(c([2H])c1[2H])c1c([2H])c([2H])c([2H])cc1n2-c1cccc(-n2c3cc([2H])c([2H])c([2H])c3c3c([2H])c([2H])c([2H])cc32)c1. The molecule has 0 saturated carbocycles. The van der Waals surface area contributed by atoms with Crippen LogP contribution in [0.3, 0.4) is 0 Å². The predicted octanol–water partition coefficient (Wildman–Crippen LogP) is 33.2. The zero-order chi connectivity index (χ0) is 144. The lowest BCUT2D eigenvalue weighted by atomic mass is 10.0. The van der Waals surface area contributed by atoms with Crippen molar-refractivity contribution < 1.29 is 87.7 Å². The van der Waals surface area contributed by atoms with E-state index in [2.05, 4.69) is 16.7 Å². The smallest absolute Gasteiger partial charge is 0.0667 e. The van der Waals surface area contributed by atoms with Crippen LogP contribution in [0.2, 0.25) is 0 Å². The van der Waals surface area contributed by atoms with E-state index in [4.69, 9.17) is 83.6 Å². The number of hydrogen-bond donors (Lipinski definition) is 0. The molecule has 0 N–H and O–H groups in total. The molecular formula is C126H84N8. The Labute approximate surface area is 861 Å². The van der Waals surface area contributed by atoms with Gasteiger partial charge in [0.1, 0.15) is 0 Å². The number of hydrogen-bond acceptors (Lipinski definition) is 0. The maximum atomic E-state index is 9.57.